The second kappa shape index (κ2) is 5.81. The van der Waals surface area contributed by atoms with Crippen molar-refractivity contribution in [2.75, 3.05) is 6.61 Å². The molecular formula is C11H14BrNO. The Bertz CT molecular complexity index is 312. The molecule has 3 heteroatoms. The van der Waals surface area contributed by atoms with E-state index in [0.717, 1.165) is 28.8 Å². The zero-order valence-corrected chi connectivity index (χ0v) is 9.88. The fraction of sp³-hybridized carbons (Fsp3) is 0.364. The SMILES string of the molecule is C=CCCCOc1ncc(Br)cc1C. The first-order chi connectivity index (χ1) is 6.74. The van der Waals surface area contributed by atoms with Crippen LogP contribution < -0.4 is 4.74 Å². The lowest BCUT2D eigenvalue weighted by Crippen LogP contribution is -2.00. The van der Waals surface area contributed by atoms with Gasteiger partial charge in [0.2, 0.25) is 5.88 Å². The number of aryl methyl sites for hydroxylation is 1. The number of hydrogen-bond donors (Lipinski definition) is 0. The van der Waals surface area contributed by atoms with Gasteiger partial charge < -0.3 is 4.74 Å². The molecule has 0 aliphatic carbocycles. The highest BCUT2D eigenvalue weighted by atomic mass is 79.9. The van der Waals surface area contributed by atoms with Gasteiger partial charge in [-0.1, -0.05) is 6.08 Å². The monoisotopic (exact) mass is 255 g/mol. The highest BCUT2D eigenvalue weighted by Crippen LogP contribution is 2.18. The molecule has 0 saturated carbocycles. The third-order valence-corrected chi connectivity index (χ3v) is 2.22. The predicted molar refractivity (Wildman–Crippen MR) is 61.6 cm³/mol. The number of allylic oxidation sites excluding steroid dienone is 1. The standard InChI is InChI=1S/C11H14BrNO/c1-3-4-5-6-14-11-9(2)7-10(12)8-13-11/h3,7-8H,1,4-6H2,2H3. The van der Waals surface area contributed by atoms with Crippen LogP contribution >= 0.6 is 15.9 Å². The molecule has 1 rings (SSSR count). The molecule has 1 aromatic rings. The van der Waals surface area contributed by atoms with Gasteiger partial charge in [-0.25, -0.2) is 4.98 Å². The fourth-order valence-corrected chi connectivity index (χ4v) is 1.52. The van der Waals surface area contributed by atoms with E-state index in [0.29, 0.717) is 6.61 Å². The van der Waals surface area contributed by atoms with Crippen LogP contribution in [0.5, 0.6) is 5.88 Å². The van der Waals surface area contributed by atoms with Gasteiger partial charge in [0.05, 0.1) is 6.61 Å². The number of pyridine rings is 1. The quantitative estimate of drug-likeness (QED) is 0.594. The summed E-state index contributed by atoms with van der Waals surface area (Å²) in [5, 5.41) is 0. The molecule has 0 amide bonds. The number of rotatable bonds is 5. The Kier molecular flexibility index (Phi) is 4.66. The van der Waals surface area contributed by atoms with E-state index in [1.807, 2.05) is 19.1 Å². The topological polar surface area (TPSA) is 22.1 Å². The van der Waals surface area contributed by atoms with Crippen molar-refractivity contribution in [2.45, 2.75) is 19.8 Å². The summed E-state index contributed by atoms with van der Waals surface area (Å²) in [4.78, 5) is 4.18. The Hall–Kier alpha value is -0.830. The Labute approximate surface area is 93.1 Å². The van der Waals surface area contributed by atoms with Crippen LogP contribution in [0.25, 0.3) is 0 Å². The molecule has 0 unspecified atom stereocenters. The summed E-state index contributed by atoms with van der Waals surface area (Å²) in [5.41, 5.74) is 1.05. The predicted octanol–water partition coefficient (Wildman–Crippen LogP) is 3.50. The van der Waals surface area contributed by atoms with Crippen LogP contribution in [0.2, 0.25) is 0 Å². The maximum Gasteiger partial charge on any atom is 0.216 e. The van der Waals surface area contributed by atoms with Gasteiger partial charge in [-0.05, 0) is 41.8 Å². The van der Waals surface area contributed by atoms with Crippen LogP contribution in [0.1, 0.15) is 18.4 Å². The number of ether oxygens (including phenoxy) is 1. The van der Waals surface area contributed by atoms with Crippen molar-refractivity contribution in [3.05, 3.63) is 35.0 Å². The van der Waals surface area contributed by atoms with E-state index in [-0.39, 0.29) is 0 Å². The second-order valence-corrected chi connectivity index (χ2v) is 3.97. The lowest BCUT2D eigenvalue weighted by molar-refractivity contribution is 0.298. The van der Waals surface area contributed by atoms with Crippen molar-refractivity contribution in [3.8, 4) is 5.88 Å². The molecule has 1 heterocycles. The summed E-state index contributed by atoms with van der Waals surface area (Å²) < 4.78 is 6.49. The Morgan fingerprint density at radius 2 is 2.43 bits per heavy atom. The zero-order chi connectivity index (χ0) is 10.4. The average Bonchev–Trinajstić information content (AvgIpc) is 2.15. The van der Waals surface area contributed by atoms with E-state index >= 15 is 0 Å². The molecule has 76 valence electrons. The van der Waals surface area contributed by atoms with Crippen LogP contribution in [0.3, 0.4) is 0 Å². The third kappa shape index (κ3) is 3.50. The van der Waals surface area contributed by atoms with Crippen molar-refractivity contribution >= 4 is 15.9 Å². The molecule has 0 radical (unpaired) electrons. The van der Waals surface area contributed by atoms with E-state index in [2.05, 4.69) is 27.5 Å². The molecule has 0 aliphatic rings. The van der Waals surface area contributed by atoms with Gasteiger partial charge in [-0.2, -0.15) is 0 Å². The van der Waals surface area contributed by atoms with E-state index < -0.39 is 0 Å². The number of hydrogen-bond acceptors (Lipinski definition) is 2. The Morgan fingerprint density at radius 3 is 3.07 bits per heavy atom. The first kappa shape index (κ1) is 11.2. The van der Waals surface area contributed by atoms with Gasteiger partial charge in [0.1, 0.15) is 0 Å². The van der Waals surface area contributed by atoms with Crippen LogP contribution in [0.4, 0.5) is 0 Å². The van der Waals surface area contributed by atoms with Gasteiger partial charge >= 0.3 is 0 Å². The van der Waals surface area contributed by atoms with Gasteiger partial charge in [0.15, 0.2) is 0 Å². The summed E-state index contributed by atoms with van der Waals surface area (Å²) in [6.45, 7) is 6.34. The van der Waals surface area contributed by atoms with Gasteiger partial charge in [-0.15, -0.1) is 6.58 Å². The molecule has 0 aliphatic heterocycles. The summed E-state index contributed by atoms with van der Waals surface area (Å²) >= 11 is 3.36. The van der Waals surface area contributed by atoms with Crippen LogP contribution in [-0.4, -0.2) is 11.6 Å². The largest absolute Gasteiger partial charge is 0.477 e. The molecule has 2 nitrogen and oxygen atoms in total. The average molecular weight is 256 g/mol. The highest BCUT2D eigenvalue weighted by molar-refractivity contribution is 9.10. The molecule has 1 aromatic heterocycles. The van der Waals surface area contributed by atoms with E-state index in [4.69, 9.17) is 4.74 Å². The smallest absolute Gasteiger partial charge is 0.216 e. The first-order valence-electron chi connectivity index (χ1n) is 4.60. The molecule has 0 N–H and O–H groups in total. The lowest BCUT2D eigenvalue weighted by atomic mass is 10.3. The van der Waals surface area contributed by atoms with E-state index in [1.54, 1.807) is 6.20 Å². The van der Waals surface area contributed by atoms with Crippen molar-refractivity contribution in [2.24, 2.45) is 0 Å². The molecule has 0 aromatic carbocycles. The first-order valence-corrected chi connectivity index (χ1v) is 5.39. The Morgan fingerprint density at radius 1 is 1.64 bits per heavy atom. The third-order valence-electron chi connectivity index (χ3n) is 1.79. The summed E-state index contributed by atoms with van der Waals surface area (Å²) in [6, 6.07) is 2.00. The molecular weight excluding hydrogens is 242 g/mol. The minimum Gasteiger partial charge on any atom is -0.477 e. The molecule has 0 fully saturated rings. The van der Waals surface area contributed by atoms with Crippen LogP contribution in [-0.2, 0) is 0 Å². The van der Waals surface area contributed by atoms with Crippen molar-refractivity contribution in [1.29, 1.82) is 0 Å². The summed E-state index contributed by atoms with van der Waals surface area (Å²) in [6.07, 6.45) is 5.61. The van der Waals surface area contributed by atoms with Crippen molar-refractivity contribution < 1.29 is 4.74 Å². The molecule has 0 bridgehead atoms. The normalized spacial score (nSPS) is 9.86. The minimum absolute atomic E-state index is 0.696. The molecule has 0 saturated heterocycles. The highest BCUT2D eigenvalue weighted by Gasteiger charge is 2.00. The number of nitrogens with zero attached hydrogens (tertiary/aromatic N) is 1. The van der Waals surface area contributed by atoms with Crippen molar-refractivity contribution in [1.82, 2.24) is 4.98 Å². The number of unbranched alkanes of at least 4 members (excludes halogenated alkanes) is 1. The molecule has 0 atom stereocenters. The number of halogens is 1. The molecule has 0 spiro atoms. The van der Waals surface area contributed by atoms with E-state index in [1.165, 1.54) is 0 Å². The summed E-state index contributed by atoms with van der Waals surface area (Å²) in [7, 11) is 0. The zero-order valence-electron chi connectivity index (χ0n) is 8.29. The fourth-order valence-electron chi connectivity index (χ4n) is 1.08. The van der Waals surface area contributed by atoms with Crippen LogP contribution in [0, 0.1) is 6.92 Å². The van der Waals surface area contributed by atoms with Gasteiger partial charge in [-0.3, -0.25) is 0 Å². The van der Waals surface area contributed by atoms with Gasteiger partial charge in [0.25, 0.3) is 0 Å². The minimum atomic E-state index is 0.696. The van der Waals surface area contributed by atoms with Gasteiger partial charge in [0, 0.05) is 16.2 Å². The van der Waals surface area contributed by atoms with Crippen molar-refractivity contribution in [3.63, 3.8) is 0 Å². The van der Waals surface area contributed by atoms with Crippen LogP contribution in [0.15, 0.2) is 29.4 Å². The van der Waals surface area contributed by atoms with E-state index in [9.17, 15) is 0 Å². The lowest BCUT2D eigenvalue weighted by Gasteiger charge is -2.06. The number of aromatic nitrogens is 1. The maximum absolute atomic E-state index is 5.51. The summed E-state index contributed by atoms with van der Waals surface area (Å²) in [5.74, 6) is 0.720. The maximum atomic E-state index is 5.51. The molecule has 14 heavy (non-hydrogen) atoms. The Balaban J connectivity index is 2.46. The second-order valence-electron chi connectivity index (χ2n) is 3.05.